The van der Waals surface area contributed by atoms with Crippen molar-refractivity contribution in [2.45, 2.75) is 39.8 Å². The van der Waals surface area contributed by atoms with Crippen molar-refractivity contribution in [1.29, 1.82) is 0 Å². The van der Waals surface area contributed by atoms with Gasteiger partial charge in [0.15, 0.2) is 0 Å². The van der Waals surface area contributed by atoms with Crippen molar-refractivity contribution in [1.82, 2.24) is 0 Å². The second-order valence-electron chi connectivity index (χ2n) is 5.90. The number of carbonyl (C=O) groups is 2. The van der Waals surface area contributed by atoms with Gasteiger partial charge in [-0.05, 0) is 24.2 Å². The van der Waals surface area contributed by atoms with E-state index in [0.29, 0.717) is 12.8 Å². The summed E-state index contributed by atoms with van der Waals surface area (Å²) >= 11 is 0. The number of ketones is 2. The third-order valence-electron chi connectivity index (χ3n) is 5.09. The Bertz CT molecular complexity index is 397. The minimum absolute atomic E-state index is 0.464. The molecule has 0 aromatic rings. The third-order valence-corrected chi connectivity index (χ3v) is 5.09. The van der Waals surface area contributed by atoms with Gasteiger partial charge >= 0.3 is 6.18 Å². The normalized spacial score (nSPS) is 39.8. The number of Topliss-reactive ketones (excluding diaryl/α,β-unsaturated/α-hetero) is 2. The smallest absolute Gasteiger partial charge is 0.298 e. The van der Waals surface area contributed by atoms with Crippen LogP contribution in [0.4, 0.5) is 13.2 Å². The van der Waals surface area contributed by atoms with E-state index in [0.717, 1.165) is 0 Å². The van der Waals surface area contributed by atoms with Crippen LogP contribution in [0.25, 0.3) is 0 Å². The first-order chi connectivity index (χ1) is 7.53. The van der Waals surface area contributed by atoms with Crippen LogP contribution in [0.5, 0.6) is 0 Å². The SMILES string of the molecule is CC1(C)[C@H]2CC[C@]1(C)C(=O)[C@@H]2C(=O)C(F)(F)F. The molecule has 0 N–H and O–H groups in total. The highest BCUT2D eigenvalue weighted by Crippen LogP contribution is 2.66. The Balaban J connectivity index is 2.42. The Labute approximate surface area is 97.6 Å². The lowest BCUT2D eigenvalue weighted by atomic mass is 9.70. The van der Waals surface area contributed by atoms with Gasteiger partial charge in [0, 0.05) is 5.41 Å². The van der Waals surface area contributed by atoms with Crippen LogP contribution in [0.15, 0.2) is 0 Å². The molecule has 0 aliphatic heterocycles. The third kappa shape index (κ3) is 1.34. The Morgan fingerprint density at radius 1 is 1.29 bits per heavy atom. The van der Waals surface area contributed by atoms with Gasteiger partial charge in [-0.3, -0.25) is 9.59 Å². The highest BCUT2D eigenvalue weighted by molar-refractivity contribution is 6.09. The van der Waals surface area contributed by atoms with Gasteiger partial charge in [-0.1, -0.05) is 20.8 Å². The highest BCUT2D eigenvalue weighted by atomic mass is 19.4. The van der Waals surface area contributed by atoms with E-state index in [1.54, 1.807) is 20.8 Å². The molecular formula is C12H15F3O2. The van der Waals surface area contributed by atoms with Gasteiger partial charge < -0.3 is 0 Å². The summed E-state index contributed by atoms with van der Waals surface area (Å²) in [7, 11) is 0. The Morgan fingerprint density at radius 3 is 2.18 bits per heavy atom. The van der Waals surface area contributed by atoms with Crippen LogP contribution in [-0.4, -0.2) is 17.7 Å². The van der Waals surface area contributed by atoms with Crippen LogP contribution in [0.1, 0.15) is 33.6 Å². The fraction of sp³-hybridized carbons (Fsp3) is 0.833. The number of hydrogen-bond donors (Lipinski definition) is 0. The molecule has 0 heterocycles. The molecule has 0 radical (unpaired) electrons. The Kier molecular flexibility index (Phi) is 2.31. The molecule has 2 aliphatic carbocycles. The first kappa shape index (κ1) is 12.6. The number of rotatable bonds is 1. The molecule has 0 spiro atoms. The standard InChI is InChI=1S/C12H15F3O2/c1-10(2)6-4-5-11(10,3)8(16)7(6)9(17)12(13,14)15/h6-7H,4-5H2,1-3H3/t6-,7+,11+/m0/s1. The van der Waals surface area contributed by atoms with E-state index >= 15 is 0 Å². The molecule has 0 amide bonds. The summed E-state index contributed by atoms with van der Waals surface area (Å²) in [5, 5.41) is 0. The highest BCUT2D eigenvalue weighted by Gasteiger charge is 2.70. The molecule has 3 atom stereocenters. The maximum Gasteiger partial charge on any atom is 0.450 e. The summed E-state index contributed by atoms with van der Waals surface area (Å²) < 4.78 is 37.4. The largest absolute Gasteiger partial charge is 0.450 e. The summed E-state index contributed by atoms with van der Waals surface area (Å²) in [6, 6.07) is 0. The van der Waals surface area contributed by atoms with Gasteiger partial charge in [-0.2, -0.15) is 13.2 Å². The molecule has 0 aromatic heterocycles. The van der Waals surface area contributed by atoms with Crippen LogP contribution in [0.3, 0.4) is 0 Å². The second kappa shape index (κ2) is 3.12. The van der Waals surface area contributed by atoms with Crippen molar-refractivity contribution in [3.05, 3.63) is 0 Å². The van der Waals surface area contributed by atoms with Crippen LogP contribution >= 0.6 is 0 Å². The monoisotopic (exact) mass is 248 g/mol. The first-order valence-electron chi connectivity index (χ1n) is 5.69. The first-order valence-corrected chi connectivity index (χ1v) is 5.69. The topological polar surface area (TPSA) is 34.1 Å². The molecule has 0 aromatic carbocycles. The van der Waals surface area contributed by atoms with Gasteiger partial charge in [-0.25, -0.2) is 0 Å². The van der Waals surface area contributed by atoms with Crippen LogP contribution in [0.2, 0.25) is 0 Å². The van der Waals surface area contributed by atoms with Crippen LogP contribution < -0.4 is 0 Å². The average molecular weight is 248 g/mol. The van der Waals surface area contributed by atoms with Crippen molar-refractivity contribution in [2.75, 3.05) is 0 Å². The molecular weight excluding hydrogens is 233 g/mol. The van der Waals surface area contributed by atoms with Crippen molar-refractivity contribution >= 4 is 11.6 Å². The summed E-state index contributed by atoms with van der Waals surface area (Å²) in [5.74, 6) is -4.30. The van der Waals surface area contributed by atoms with Gasteiger partial charge in [0.1, 0.15) is 5.78 Å². The number of fused-ring (bicyclic) bond motifs is 2. The van der Waals surface area contributed by atoms with E-state index in [4.69, 9.17) is 0 Å². The number of hydrogen-bond acceptors (Lipinski definition) is 2. The minimum atomic E-state index is -4.91. The van der Waals surface area contributed by atoms with E-state index in [9.17, 15) is 22.8 Å². The lowest BCUT2D eigenvalue weighted by molar-refractivity contribution is -0.178. The summed E-state index contributed by atoms with van der Waals surface area (Å²) in [6.45, 7) is 5.29. The van der Waals surface area contributed by atoms with Crippen molar-refractivity contribution in [2.24, 2.45) is 22.7 Å². The van der Waals surface area contributed by atoms with Gasteiger partial charge in [0.05, 0.1) is 5.92 Å². The molecule has 96 valence electrons. The van der Waals surface area contributed by atoms with Crippen molar-refractivity contribution in [3.8, 4) is 0 Å². The molecule has 2 saturated carbocycles. The summed E-state index contributed by atoms with van der Waals surface area (Å²) in [5.41, 5.74) is -1.29. The fourth-order valence-corrected chi connectivity index (χ4v) is 3.56. The molecule has 2 nitrogen and oxygen atoms in total. The number of carbonyl (C=O) groups excluding carboxylic acids is 2. The molecule has 0 saturated heterocycles. The molecule has 0 unspecified atom stereocenters. The van der Waals surface area contributed by atoms with Gasteiger partial charge in [0.2, 0.25) is 5.78 Å². The van der Waals surface area contributed by atoms with Crippen LogP contribution in [-0.2, 0) is 9.59 Å². The van der Waals surface area contributed by atoms with Gasteiger partial charge in [0.25, 0.3) is 0 Å². The predicted octanol–water partition coefficient (Wildman–Crippen LogP) is 2.76. The number of halogens is 3. The average Bonchev–Trinajstić information content (AvgIpc) is 2.47. The molecule has 5 heteroatoms. The Morgan fingerprint density at radius 2 is 1.82 bits per heavy atom. The second-order valence-corrected chi connectivity index (χ2v) is 5.90. The van der Waals surface area contributed by atoms with E-state index in [1.807, 2.05) is 0 Å². The van der Waals surface area contributed by atoms with Crippen molar-refractivity contribution in [3.63, 3.8) is 0 Å². The zero-order chi connectivity index (χ0) is 13.2. The fourth-order valence-electron chi connectivity index (χ4n) is 3.56. The Hall–Kier alpha value is -0.870. The molecule has 2 bridgehead atoms. The van der Waals surface area contributed by atoms with Crippen molar-refractivity contribution < 1.29 is 22.8 Å². The van der Waals surface area contributed by atoms with Gasteiger partial charge in [-0.15, -0.1) is 0 Å². The lowest BCUT2D eigenvalue weighted by Gasteiger charge is -2.32. The summed E-state index contributed by atoms with van der Waals surface area (Å²) in [6.07, 6.45) is -3.79. The molecule has 2 rings (SSSR count). The number of alkyl halides is 3. The molecule has 2 aliphatic rings. The quantitative estimate of drug-likeness (QED) is 0.669. The molecule has 2 fully saturated rings. The zero-order valence-electron chi connectivity index (χ0n) is 10.0. The lowest BCUT2D eigenvalue weighted by Crippen LogP contribution is -2.40. The van der Waals surface area contributed by atoms with E-state index in [2.05, 4.69) is 0 Å². The maximum absolute atomic E-state index is 12.5. The van der Waals surface area contributed by atoms with E-state index < -0.39 is 40.4 Å². The van der Waals surface area contributed by atoms with Crippen LogP contribution in [0, 0.1) is 22.7 Å². The minimum Gasteiger partial charge on any atom is -0.298 e. The maximum atomic E-state index is 12.5. The molecule has 17 heavy (non-hydrogen) atoms. The summed E-state index contributed by atoms with van der Waals surface area (Å²) in [4.78, 5) is 23.4. The van der Waals surface area contributed by atoms with E-state index in [1.165, 1.54) is 0 Å². The van der Waals surface area contributed by atoms with E-state index in [-0.39, 0.29) is 0 Å². The zero-order valence-corrected chi connectivity index (χ0v) is 10.0. The predicted molar refractivity (Wildman–Crippen MR) is 54.2 cm³/mol.